The van der Waals surface area contributed by atoms with Gasteiger partial charge in [0.2, 0.25) is 5.91 Å². The number of hydrazine groups is 1. The minimum atomic E-state index is 0.145. The first-order valence-electron chi connectivity index (χ1n) is 8.52. The molecular weight excluding hydrogens is 284 g/mol. The topological polar surface area (TPSA) is 32.3 Å². The van der Waals surface area contributed by atoms with Gasteiger partial charge in [-0.1, -0.05) is 55.7 Å². The minimum Gasteiger partial charge on any atom is -0.291 e. The van der Waals surface area contributed by atoms with Gasteiger partial charge in [-0.3, -0.25) is 10.2 Å². The summed E-state index contributed by atoms with van der Waals surface area (Å²) in [5, 5.41) is 1.70. The Bertz CT molecular complexity index is 606. The second-order valence-corrected chi connectivity index (χ2v) is 6.25. The summed E-state index contributed by atoms with van der Waals surface area (Å²) in [4.78, 5) is 12.9. The summed E-state index contributed by atoms with van der Waals surface area (Å²) in [5.74, 6) is 0.673. The molecule has 2 aromatic rings. The highest BCUT2D eigenvalue weighted by Gasteiger charge is 2.22. The molecule has 3 nitrogen and oxygen atoms in total. The van der Waals surface area contributed by atoms with Gasteiger partial charge in [-0.2, -0.15) is 0 Å². The van der Waals surface area contributed by atoms with Crippen LogP contribution in [0.5, 0.6) is 0 Å². The molecule has 3 rings (SSSR count). The predicted molar refractivity (Wildman–Crippen MR) is 95.2 cm³/mol. The predicted octanol–water partition coefficient (Wildman–Crippen LogP) is 5.02. The Morgan fingerprint density at radius 1 is 0.913 bits per heavy atom. The molecule has 1 amide bonds. The van der Waals surface area contributed by atoms with Crippen molar-refractivity contribution in [1.29, 1.82) is 0 Å². The van der Waals surface area contributed by atoms with Crippen molar-refractivity contribution in [2.45, 2.75) is 38.5 Å². The molecular formula is C20H24N2O. The van der Waals surface area contributed by atoms with E-state index >= 15 is 0 Å². The fourth-order valence-electron chi connectivity index (χ4n) is 3.22. The van der Waals surface area contributed by atoms with Crippen molar-refractivity contribution < 1.29 is 4.79 Å². The molecule has 0 spiro atoms. The van der Waals surface area contributed by atoms with E-state index in [0.717, 1.165) is 11.4 Å². The Hall–Kier alpha value is -2.29. The van der Waals surface area contributed by atoms with Gasteiger partial charge in [0.15, 0.2) is 0 Å². The lowest BCUT2D eigenvalue weighted by Crippen LogP contribution is -2.37. The van der Waals surface area contributed by atoms with E-state index in [1.165, 1.54) is 32.1 Å². The molecule has 2 aromatic carbocycles. The molecule has 0 heterocycles. The molecule has 1 saturated carbocycles. The Morgan fingerprint density at radius 2 is 1.52 bits per heavy atom. The first-order chi connectivity index (χ1) is 11.3. The SMILES string of the molecule is O=C(CC1CCCCC1)N(Nc1ccccc1)c1ccccc1. The smallest absolute Gasteiger partial charge is 0.245 e. The normalized spacial score (nSPS) is 15.1. The van der Waals surface area contributed by atoms with Crippen molar-refractivity contribution in [2.75, 3.05) is 10.4 Å². The van der Waals surface area contributed by atoms with Crippen LogP contribution in [0.15, 0.2) is 60.7 Å². The third kappa shape index (κ3) is 4.35. The number of carbonyl (C=O) groups excluding carboxylic acids is 1. The molecule has 1 fully saturated rings. The molecule has 1 N–H and O–H groups in total. The third-order valence-electron chi connectivity index (χ3n) is 4.47. The van der Waals surface area contributed by atoms with Crippen LogP contribution < -0.4 is 10.4 Å². The van der Waals surface area contributed by atoms with Crippen molar-refractivity contribution in [3.05, 3.63) is 60.7 Å². The summed E-state index contributed by atoms with van der Waals surface area (Å²) < 4.78 is 0. The number of para-hydroxylation sites is 2. The molecule has 0 aliphatic heterocycles. The first-order valence-corrected chi connectivity index (χ1v) is 8.52. The second-order valence-electron chi connectivity index (χ2n) is 6.25. The largest absolute Gasteiger partial charge is 0.291 e. The van der Waals surface area contributed by atoms with Crippen LogP contribution in [0.25, 0.3) is 0 Å². The van der Waals surface area contributed by atoms with E-state index in [4.69, 9.17) is 0 Å². The van der Waals surface area contributed by atoms with Crippen LogP contribution in [0.3, 0.4) is 0 Å². The number of rotatable bonds is 5. The lowest BCUT2D eigenvalue weighted by molar-refractivity contribution is -0.119. The van der Waals surface area contributed by atoms with Crippen molar-refractivity contribution in [2.24, 2.45) is 5.92 Å². The Labute approximate surface area is 138 Å². The molecule has 3 heteroatoms. The van der Waals surface area contributed by atoms with Gasteiger partial charge in [-0.05, 0) is 43.0 Å². The van der Waals surface area contributed by atoms with Gasteiger partial charge in [-0.15, -0.1) is 0 Å². The maximum atomic E-state index is 12.9. The van der Waals surface area contributed by atoms with E-state index in [9.17, 15) is 4.79 Å². The minimum absolute atomic E-state index is 0.145. The summed E-state index contributed by atoms with van der Waals surface area (Å²) in [6.07, 6.45) is 6.81. The highest BCUT2D eigenvalue weighted by Crippen LogP contribution is 2.28. The summed E-state index contributed by atoms with van der Waals surface area (Å²) in [7, 11) is 0. The number of carbonyl (C=O) groups is 1. The van der Waals surface area contributed by atoms with E-state index in [2.05, 4.69) is 5.43 Å². The zero-order valence-corrected chi connectivity index (χ0v) is 13.4. The van der Waals surface area contributed by atoms with Crippen LogP contribution in [-0.2, 0) is 4.79 Å². The molecule has 0 radical (unpaired) electrons. The number of nitrogens with one attached hydrogen (secondary N) is 1. The molecule has 1 aliphatic carbocycles. The summed E-state index contributed by atoms with van der Waals surface area (Å²) >= 11 is 0. The van der Waals surface area contributed by atoms with Gasteiger partial charge in [0.1, 0.15) is 0 Å². The van der Waals surface area contributed by atoms with Gasteiger partial charge >= 0.3 is 0 Å². The Morgan fingerprint density at radius 3 is 2.17 bits per heavy atom. The molecule has 1 aliphatic rings. The maximum Gasteiger partial charge on any atom is 0.245 e. The molecule has 0 saturated heterocycles. The summed E-state index contributed by atoms with van der Waals surface area (Å²) in [6, 6.07) is 19.7. The van der Waals surface area contributed by atoms with Gasteiger partial charge in [-0.25, -0.2) is 5.01 Å². The van der Waals surface area contributed by atoms with Crippen molar-refractivity contribution in [1.82, 2.24) is 0 Å². The number of nitrogens with zero attached hydrogens (tertiary/aromatic N) is 1. The first kappa shape index (κ1) is 15.6. The Kier molecular flexibility index (Phi) is 5.30. The van der Waals surface area contributed by atoms with Gasteiger partial charge in [0.05, 0.1) is 11.4 Å². The van der Waals surface area contributed by atoms with Crippen LogP contribution in [0.4, 0.5) is 11.4 Å². The zero-order valence-electron chi connectivity index (χ0n) is 13.4. The Balaban J connectivity index is 1.75. The number of hydrogen-bond acceptors (Lipinski definition) is 2. The summed E-state index contributed by atoms with van der Waals surface area (Å²) in [6.45, 7) is 0. The van der Waals surface area contributed by atoms with Crippen molar-refractivity contribution in [3.8, 4) is 0 Å². The number of anilines is 2. The highest BCUT2D eigenvalue weighted by molar-refractivity contribution is 5.95. The number of benzene rings is 2. The molecule has 23 heavy (non-hydrogen) atoms. The molecule has 0 unspecified atom stereocenters. The lowest BCUT2D eigenvalue weighted by atomic mass is 9.87. The summed E-state index contributed by atoms with van der Waals surface area (Å²) in [5.41, 5.74) is 5.08. The lowest BCUT2D eigenvalue weighted by Gasteiger charge is -2.28. The van der Waals surface area contributed by atoms with Crippen molar-refractivity contribution in [3.63, 3.8) is 0 Å². The quantitative estimate of drug-likeness (QED) is 0.787. The van der Waals surface area contributed by atoms with Crippen LogP contribution in [0.1, 0.15) is 38.5 Å². The van der Waals surface area contributed by atoms with E-state index in [0.29, 0.717) is 12.3 Å². The monoisotopic (exact) mass is 308 g/mol. The van der Waals surface area contributed by atoms with E-state index < -0.39 is 0 Å². The van der Waals surface area contributed by atoms with Crippen LogP contribution >= 0.6 is 0 Å². The van der Waals surface area contributed by atoms with Crippen LogP contribution in [-0.4, -0.2) is 5.91 Å². The standard InChI is InChI=1S/C20H24N2O/c23-20(16-17-10-4-1-5-11-17)22(19-14-8-3-9-15-19)21-18-12-6-2-7-13-18/h2-3,6-9,12-15,17,21H,1,4-5,10-11,16H2. The average Bonchev–Trinajstić information content (AvgIpc) is 2.62. The van der Waals surface area contributed by atoms with Gasteiger partial charge < -0.3 is 0 Å². The molecule has 0 aromatic heterocycles. The van der Waals surface area contributed by atoms with Gasteiger partial charge in [0.25, 0.3) is 0 Å². The number of amides is 1. The maximum absolute atomic E-state index is 12.9. The van der Waals surface area contributed by atoms with Crippen LogP contribution in [0, 0.1) is 5.92 Å². The van der Waals surface area contributed by atoms with Crippen molar-refractivity contribution >= 4 is 17.3 Å². The fourth-order valence-corrected chi connectivity index (χ4v) is 3.22. The van der Waals surface area contributed by atoms with Crippen LogP contribution in [0.2, 0.25) is 0 Å². The number of hydrogen-bond donors (Lipinski definition) is 1. The zero-order chi connectivity index (χ0) is 15.9. The molecule has 120 valence electrons. The van der Waals surface area contributed by atoms with E-state index in [1.54, 1.807) is 5.01 Å². The second kappa shape index (κ2) is 7.82. The average molecular weight is 308 g/mol. The van der Waals surface area contributed by atoms with E-state index in [-0.39, 0.29) is 5.91 Å². The fraction of sp³-hybridized carbons (Fsp3) is 0.350. The van der Waals surface area contributed by atoms with E-state index in [1.807, 2.05) is 60.7 Å². The molecule has 0 bridgehead atoms. The molecule has 0 atom stereocenters. The highest BCUT2D eigenvalue weighted by atomic mass is 16.2. The third-order valence-corrected chi connectivity index (χ3v) is 4.47. The van der Waals surface area contributed by atoms with Gasteiger partial charge in [0, 0.05) is 6.42 Å².